The van der Waals surface area contributed by atoms with Crippen molar-refractivity contribution in [3.63, 3.8) is 0 Å². The summed E-state index contributed by atoms with van der Waals surface area (Å²) in [6.07, 6.45) is 0. The lowest BCUT2D eigenvalue weighted by atomic mass is 10.2. The van der Waals surface area contributed by atoms with Gasteiger partial charge in [-0.25, -0.2) is 13.4 Å². The molecule has 1 aromatic heterocycles. The van der Waals surface area contributed by atoms with Gasteiger partial charge in [0.2, 0.25) is 0 Å². The Morgan fingerprint density at radius 3 is 2.40 bits per heavy atom. The molecule has 0 aliphatic rings. The Kier molecular flexibility index (Phi) is 4.33. The number of amides is 1. The second-order valence-corrected chi connectivity index (χ2v) is 7.99. The van der Waals surface area contributed by atoms with Gasteiger partial charge >= 0.3 is 0 Å². The Bertz CT molecular complexity index is 754. The fourth-order valence-corrected chi connectivity index (χ4v) is 3.91. The first-order chi connectivity index (χ1) is 9.27. The molecule has 1 N–H and O–H groups in total. The summed E-state index contributed by atoms with van der Waals surface area (Å²) in [6.45, 7) is 1.50. The molecule has 1 heterocycles. The topological polar surface area (TPSA) is 76.1 Å². The Hall–Kier alpha value is -1.15. The highest BCUT2D eigenvalue weighted by atomic mass is 35.7. The highest BCUT2D eigenvalue weighted by Crippen LogP contribution is 2.29. The number of aromatic nitrogens is 1. The number of benzene rings is 1. The van der Waals surface area contributed by atoms with E-state index in [2.05, 4.69) is 10.3 Å². The Labute approximate surface area is 129 Å². The SMILES string of the molecule is Cc1nc(NC(=O)c2ccc(Cl)cc2)sc1S(=O)(=O)Cl. The predicted octanol–water partition coefficient (Wildman–Crippen LogP) is 3.28. The van der Waals surface area contributed by atoms with Gasteiger partial charge in [0.1, 0.15) is 0 Å². The summed E-state index contributed by atoms with van der Waals surface area (Å²) < 4.78 is 22.5. The van der Waals surface area contributed by atoms with Crippen LogP contribution in [0.1, 0.15) is 16.1 Å². The number of anilines is 1. The third-order valence-electron chi connectivity index (χ3n) is 2.30. The molecule has 1 amide bonds. The molecule has 0 radical (unpaired) electrons. The molecule has 5 nitrogen and oxygen atoms in total. The van der Waals surface area contributed by atoms with E-state index >= 15 is 0 Å². The van der Waals surface area contributed by atoms with Gasteiger partial charge < -0.3 is 0 Å². The number of rotatable bonds is 3. The number of hydrogen-bond donors (Lipinski definition) is 1. The highest BCUT2D eigenvalue weighted by Gasteiger charge is 2.20. The second-order valence-electron chi connectivity index (χ2n) is 3.79. The molecular weight excluding hydrogens is 343 g/mol. The van der Waals surface area contributed by atoms with Crippen LogP contribution in [0.25, 0.3) is 0 Å². The zero-order valence-corrected chi connectivity index (χ0v) is 13.2. The van der Waals surface area contributed by atoms with E-state index in [0.29, 0.717) is 10.6 Å². The minimum atomic E-state index is -3.86. The monoisotopic (exact) mass is 350 g/mol. The summed E-state index contributed by atoms with van der Waals surface area (Å²) in [5, 5.41) is 3.20. The number of hydrogen-bond acceptors (Lipinski definition) is 5. The third-order valence-corrected chi connectivity index (χ3v) is 5.81. The maximum Gasteiger partial charge on any atom is 0.272 e. The Morgan fingerprint density at radius 1 is 1.30 bits per heavy atom. The number of nitrogens with zero attached hydrogens (tertiary/aromatic N) is 1. The second kappa shape index (κ2) is 5.69. The van der Waals surface area contributed by atoms with Crippen molar-refractivity contribution in [2.45, 2.75) is 11.1 Å². The molecule has 0 bridgehead atoms. The van der Waals surface area contributed by atoms with Gasteiger partial charge in [-0.2, -0.15) is 0 Å². The van der Waals surface area contributed by atoms with Crippen molar-refractivity contribution >= 4 is 53.7 Å². The normalized spacial score (nSPS) is 11.3. The lowest BCUT2D eigenvalue weighted by Gasteiger charge is -2.01. The lowest BCUT2D eigenvalue weighted by molar-refractivity contribution is 0.102. The molecule has 0 atom stereocenters. The number of halogens is 2. The first kappa shape index (κ1) is 15.2. The van der Waals surface area contributed by atoms with Gasteiger partial charge in [0.15, 0.2) is 9.34 Å². The Balaban J connectivity index is 2.23. The summed E-state index contributed by atoms with van der Waals surface area (Å²) in [7, 11) is 1.40. The van der Waals surface area contributed by atoms with Gasteiger partial charge in [0, 0.05) is 21.3 Å². The molecule has 2 aromatic rings. The quantitative estimate of drug-likeness (QED) is 0.861. The van der Waals surface area contributed by atoms with Crippen molar-refractivity contribution in [3.05, 3.63) is 40.5 Å². The summed E-state index contributed by atoms with van der Waals surface area (Å²) in [6, 6.07) is 6.27. The summed E-state index contributed by atoms with van der Waals surface area (Å²) >= 11 is 6.53. The molecule has 20 heavy (non-hydrogen) atoms. The molecule has 2 rings (SSSR count). The zero-order chi connectivity index (χ0) is 14.9. The summed E-state index contributed by atoms with van der Waals surface area (Å²) in [4.78, 5) is 15.9. The van der Waals surface area contributed by atoms with Gasteiger partial charge in [-0.15, -0.1) is 0 Å². The average molecular weight is 351 g/mol. The molecule has 0 aliphatic carbocycles. The maximum absolute atomic E-state index is 11.9. The fraction of sp³-hybridized carbons (Fsp3) is 0.0909. The third kappa shape index (κ3) is 3.49. The van der Waals surface area contributed by atoms with Crippen LogP contribution < -0.4 is 5.32 Å². The fourth-order valence-electron chi connectivity index (χ4n) is 1.43. The number of carbonyl (C=O) groups is 1. The molecule has 1 aromatic carbocycles. The van der Waals surface area contributed by atoms with Crippen LogP contribution in [0, 0.1) is 6.92 Å². The standard InChI is InChI=1S/C11H8Cl2N2O3S2/c1-6-10(20(13,17)18)19-11(14-6)15-9(16)7-2-4-8(12)5-3-7/h2-5H,1H3,(H,14,15,16). The van der Waals surface area contributed by atoms with Crippen molar-refractivity contribution in [3.8, 4) is 0 Å². The number of thiazole rings is 1. The van der Waals surface area contributed by atoms with Gasteiger partial charge in [-0.05, 0) is 31.2 Å². The van der Waals surface area contributed by atoms with Crippen molar-refractivity contribution in [2.24, 2.45) is 0 Å². The van der Waals surface area contributed by atoms with E-state index in [0.717, 1.165) is 11.3 Å². The molecule has 9 heteroatoms. The number of aryl methyl sites for hydroxylation is 1. The van der Waals surface area contributed by atoms with E-state index in [1.807, 2.05) is 0 Å². The van der Waals surface area contributed by atoms with E-state index in [1.165, 1.54) is 6.92 Å². The smallest absolute Gasteiger partial charge is 0.272 e. The first-order valence-corrected chi connectivity index (χ1v) is 8.77. The molecule has 0 unspecified atom stereocenters. The minimum absolute atomic E-state index is 0.0782. The first-order valence-electron chi connectivity index (χ1n) is 5.26. The predicted molar refractivity (Wildman–Crippen MR) is 79.3 cm³/mol. The van der Waals surface area contributed by atoms with E-state index in [-0.39, 0.29) is 15.0 Å². The van der Waals surface area contributed by atoms with E-state index < -0.39 is 15.0 Å². The van der Waals surface area contributed by atoms with E-state index in [4.69, 9.17) is 22.3 Å². The highest BCUT2D eigenvalue weighted by molar-refractivity contribution is 8.15. The van der Waals surface area contributed by atoms with Crippen LogP contribution >= 0.6 is 33.6 Å². The van der Waals surface area contributed by atoms with Crippen molar-refractivity contribution in [1.29, 1.82) is 0 Å². The maximum atomic E-state index is 11.9. The van der Waals surface area contributed by atoms with Crippen molar-refractivity contribution < 1.29 is 13.2 Å². The van der Waals surface area contributed by atoms with Crippen LogP contribution in [0.4, 0.5) is 5.13 Å². The molecule has 0 spiro atoms. The van der Waals surface area contributed by atoms with Crippen molar-refractivity contribution in [2.75, 3.05) is 5.32 Å². The van der Waals surface area contributed by atoms with Gasteiger partial charge in [-0.1, -0.05) is 22.9 Å². The summed E-state index contributed by atoms with van der Waals surface area (Å²) in [5.74, 6) is -0.408. The number of nitrogens with one attached hydrogen (secondary N) is 1. The number of carbonyl (C=O) groups excluding carboxylic acids is 1. The van der Waals surface area contributed by atoms with Gasteiger partial charge in [-0.3, -0.25) is 10.1 Å². The Morgan fingerprint density at radius 2 is 1.90 bits per heavy atom. The van der Waals surface area contributed by atoms with E-state index in [1.54, 1.807) is 24.3 Å². The van der Waals surface area contributed by atoms with Crippen LogP contribution in [-0.2, 0) is 9.05 Å². The average Bonchev–Trinajstić information content (AvgIpc) is 2.70. The van der Waals surface area contributed by atoms with E-state index in [9.17, 15) is 13.2 Å². The molecule has 0 aliphatic heterocycles. The van der Waals surface area contributed by atoms with Crippen molar-refractivity contribution in [1.82, 2.24) is 4.98 Å². The zero-order valence-electron chi connectivity index (χ0n) is 10.1. The molecule has 0 saturated heterocycles. The lowest BCUT2D eigenvalue weighted by Crippen LogP contribution is -2.11. The van der Waals surface area contributed by atoms with Crippen LogP contribution in [-0.4, -0.2) is 19.3 Å². The van der Waals surface area contributed by atoms with Crippen LogP contribution in [0.15, 0.2) is 28.5 Å². The van der Waals surface area contributed by atoms with Gasteiger partial charge in [0.25, 0.3) is 15.0 Å². The van der Waals surface area contributed by atoms with Crippen LogP contribution in [0.2, 0.25) is 5.02 Å². The largest absolute Gasteiger partial charge is 0.298 e. The van der Waals surface area contributed by atoms with Crippen LogP contribution in [0.3, 0.4) is 0 Å². The molecule has 106 valence electrons. The summed E-state index contributed by atoms with van der Waals surface area (Å²) in [5.41, 5.74) is 0.633. The van der Waals surface area contributed by atoms with Gasteiger partial charge in [0.05, 0.1) is 5.69 Å². The molecular formula is C11H8Cl2N2O3S2. The molecule has 0 saturated carbocycles. The minimum Gasteiger partial charge on any atom is -0.298 e. The van der Waals surface area contributed by atoms with Crippen LogP contribution in [0.5, 0.6) is 0 Å². The molecule has 0 fully saturated rings.